The summed E-state index contributed by atoms with van der Waals surface area (Å²) in [6.45, 7) is 5.68. The van der Waals surface area contributed by atoms with Gasteiger partial charge in [0.1, 0.15) is 5.60 Å². The second-order valence-electron chi connectivity index (χ2n) is 8.24. The number of hydrogen-bond donors (Lipinski definition) is 0. The lowest BCUT2D eigenvalue weighted by Crippen LogP contribution is -2.48. The van der Waals surface area contributed by atoms with E-state index in [4.69, 9.17) is 16.3 Å². The Morgan fingerprint density at radius 2 is 1.68 bits per heavy atom. The van der Waals surface area contributed by atoms with E-state index in [9.17, 15) is 9.59 Å². The van der Waals surface area contributed by atoms with Crippen LogP contribution in [-0.2, 0) is 4.74 Å². The van der Waals surface area contributed by atoms with Gasteiger partial charge < -0.3 is 9.64 Å². The molecule has 0 N–H and O–H groups in total. The average molecular weight is 364 g/mol. The van der Waals surface area contributed by atoms with Crippen LogP contribution in [0.5, 0.6) is 0 Å². The van der Waals surface area contributed by atoms with Gasteiger partial charge in [0.2, 0.25) is 0 Å². The smallest absolute Gasteiger partial charge is 0.410 e. The summed E-state index contributed by atoms with van der Waals surface area (Å²) in [7, 11) is 0. The molecule has 2 heterocycles. The van der Waals surface area contributed by atoms with Gasteiger partial charge in [0, 0.05) is 29.1 Å². The zero-order valence-corrected chi connectivity index (χ0v) is 15.9. The van der Waals surface area contributed by atoms with Gasteiger partial charge in [-0.15, -0.1) is 0 Å². The summed E-state index contributed by atoms with van der Waals surface area (Å²) >= 11 is 5.89. The van der Waals surface area contributed by atoms with E-state index in [1.165, 1.54) is 0 Å². The van der Waals surface area contributed by atoms with Gasteiger partial charge in [0.25, 0.3) is 0 Å². The number of Topliss-reactive ketones (excluding diaryl/α,β-unsaturated/α-hetero) is 1. The molecule has 0 aliphatic carbocycles. The molecule has 0 spiro atoms. The van der Waals surface area contributed by atoms with Crippen LogP contribution < -0.4 is 0 Å². The summed E-state index contributed by atoms with van der Waals surface area (Å²) in [5.74, 6) is 0.492. The second kappa shape index (κ2) is 6.99. The van der Waals surface area contributed by atoms with E-state index in [0.717, 1.165) is 25.7 Å². The standard InChI is InChI=1S/C20H26ClNO3/c1-20(2,3)25-19(24)22-16-8-9-17(22)11-13(10-16)12-18(23)14-4-6-15(21)7-5-14/h4-7,13,16-17H,8-12H2,1-3H3/t13?,16-,17+. The zero-order chi connectivity index (χ0) is 18.2. The number of fused-ring (bicyclic) bond motifs is 2. The summed E-state index contributed by atoms with van der Waals surface area (Å²) in [6.07, 6.45) is 4.12. The van der Waals surface area contributed by atoms with Crippen LogP contribution >= 0.6 is 11.6 Å². The molecule has 2 saturated heterocycles. The van der Waals surface area contributed by atoms with E-state index in [2.05, 4.69) is 0 Å². The maximum atomic E-state index is 12.5. The van der Waals surface area contributed by atoms with E-state index in [0.29, 0.717) is 22.9 Å². The number of carbonyl (C=O) groups is 2. The van der Waals surface area contributed by atoms with Crippen molar-refractivity contribution in [3.8, 4) is 0 Å². The lowest BCUT2D eigenvalue weighted by atomic mass is 9.86. The number of nitrogens with zero attached hydrogens (tertiary/aromatic N) is 1. The minimum atomic E-state index is -0.474. The molecule has 1 unspecified atom stereocenters. The average Bonchev–Trinajstić information content (AvgIpc) is 2.78. The minimum absolute atomic E-state index is 0.159. The van der Waals surface area contributed by atoms with E-state index in [-0.39, 0.29) is 24.0 Å². The largest absolute Gasteiger partial charge is 0.444 e. The fourth-order valence-electron chi connectivity index (χ4n) is 4.08. The highest BCUT2D eigenvalue weighted by Crippen LogP contribution is 2.41. The Hall–Kier alpha value is -1.55. The molecule has 136 valence electrons. The van der Waals surface area contributed by atoms with Crippen LogP contribution in [0.2, 0.25) is 5.02 Å². The maximum absolute atomic E-state index is 12.5. The van der Waals surface area contributed by atoms with Gasteiger partial charge in [0.05, 0.1) is 0 Å². The monoisotopic (exact) mass is 363 g/mol. The Morgan fingerprint density at radius 3 is 2.20 bits per heavy atom. The zero-order valence-electron chi connectivity index (χ0n) is 15.1. The Labute approximate surface area is 154 Å². The molecule has 2 aliphatic heterocycles. The number of hydrogen-bond acceptors (Lipinski definition) is 3. The third-order valence-electron chi connectivity index (χ3n) is 5.08. The van der Waals surface area contributed by atoms with Crippen LogP contribution in [0.4, 0.5) is 4.79 Å². The van der Waals surface area contributed by atoms with Gasteiger partial charge in [0.15, 0.2) is 5.78 Å². The lowest BCUT2D eigenvalue weighted by molar-refractivity contribution is 0.00203. The first kappa shape index (κ1) is 18.2. The van der Waals surface area contributed by atoms with Gasteiger partial charge in [-0.3, -0.25) is 4.79 Å². The number of carbonyl (C=O) groups excluding carboxylic acids is 2. The van der Waals surface area contributed by atoms with Gasteiger partial charge in [-0.2, -0.15) is 0 Å². The summed E-state index contributed by atoms with van der Waals surface area (Å²) < 4.78 is 5.56. The van der Waals surface area contributed by atoms with Crippen LogP contribution in [0, 0.1) is 5.92 Å². The molecule has 0 saturated carbocycles. The molecular weight excluding hydrogens is 338 g/mol. The Kier molecular flexibility index (Phi) is 5.10. The first-order valence-corrected chi connectivity index (χ1v) is 9.41. The van der Waals surface area contributed by atoms with E-state index in [1.807, 2.05) is 25.7 Å². The van der Waals surface area contributed by atoms with Crippen molar-refractivity contribution in [1.29, 1.82) is 0 Å². The Morgan fingerprint density at radius 1 is 1.12 bits per heavy atom. The van der Waals surface area contributed by atoms with Crippen molar-refractivity contribution in [1.82, 2.24) is 4.90 Å². The van der Waals surface area contributed by atoms with Crippen molar-refractivity contribution < 1.29 is 14.3 Å². The summed E-state index contributed by atoms with van der Waals surface area (Å²) in [4.78, 5) is 26.9. The molecule has 2 bridgehead atoms. The molecular formula is C20H26ClNO3. The number of ether oxygens (including phenoxy) is 1. The molecule has 25 heavy (non-hydrogen) atoms. The van der Waals surface area contributed by atoms with Gasteiger partial charge in [-0.05, 0) is 76.6 Å². The molecule has 2 fully saturated rings. The molecule has 3 atom stereocenters. The highest BCUT2D eigenvalue weighted by Gasteiger charge is 2.45. The van der Waals surface area contributed by atoms with E-state index >= 15 is 0 Å². The molecule has 1 amide bonds. The van der Waals surface area contributed by atoms with E-state index < -0.39 is 5.60 Å². The predicted molar refractivity (Wildman–Crippen MR) is 98.0 cm³/mol. The van der Waals surface area contributed by atoms with Gasteiger partial charge >= 0.3 is 6.09 Å². The van der Waals surface area contributed by atoms with Crippen molar-refractivity contribution in [3.63, 3.8) is 0 Å². The van der Waals surface area contributed by atoms with Crippen LogP contribution in [0.3, 0.4) is 0 Å². The van der Waals surface area contributed by atoms with Crippen molar-refractivity contribution >= 4 is 23.5 Å². The number of benzene rings is 1. The molecule has 1 aromatic rings. The number of ketones is 1. The summed E-state index contributed by atoms with van der Waals surface area (Å²) in [6, 6.07) is 7.49. The Balaban J connectivity index is 1.61. The second-order valence-corrected chi connectivity index (χ2v) is 8.68. The fourth-order valence-corrected chi connectivity index (χ4v) is 4.21. The summed E-state index contributed by atoms with van der Waals surface area (Å²) in [5.41, 5.74) is 0.240. The molecule has 4 nitrogen and oxygen atoms in total. The highest BCUT2D eigenvalue weighted by atomic mass is 35.5. The van der Waals surface area contributed by atoms with Crippen molar-refractivity contribution in [2.45, 2.75) is 70.6 Å². The third kappa shape index (κ3) is 4.35. The summed E-state index contributed by atoms with van der Waals surface area (Å²) in [5, 5.41) is 0.639. The molecule has 5 heteroatoms. The number of halogens is 1. The molecule has 0 radical (unpaired) electrons. The van der Waals surface area contributed by atoms with Crippen molar-refractivity contribution in [3.05, 3.63) is 34.9 Å². The van der Waals surface area contributed by atoms with Crippen molar-refractivity contribution in [2.24, 2.45) is 5.92 Å². The molecule has 3 rings (SSSR count). The van der Waals surface area contributed by atoms with Crippen LogP contribution in [0.25, 0.3) is 0 Å². The first-order chi connectivity index (χ1) is 11.7. The predicted octanol–water partition coefficient (Wildman–Crippen LogP) is 5.09. The highest BCUT2D eigenvalue weighted by molar-refractivity contribution is 6.30. The molecule has 1 aromatic carbocycles. The lowest BCUT2D eigenvalue weighted by Gasteiger charge is -2.39. The van der Waals surface area contributed by atoms with E-state index in [1.54, 1.807) is 24.3 Å². The molecule has 0 aromatic heterocycles. The van der Waals surface area contributed by atoms with Crippen molar-refractivity contribution in [2.75, 3.05) is 0 Å². The van der Waals surface area contributed by atoms with Crippen LogP contribution in [-0.4, -0.2) is 34.5 Å². The Bertz CT molecular complexity index is 636. The first-order valence-electron chi connectivity index (χ1n) is 9.03. The van der Waals surface area contributed by atoms with Crippen LogP contribution in [0.1, 0.15) is 63.2 Å². The maximum Gasteiger partial charge on any atom is 0.410 e. The van der Waals surface area contributed by atoms with Crippen LogP contribution in [0.15, 0.2) is 24.3 Å². The van der Waals surface area contributed by atoms with Gasteiger partial charge in [-0.1, -0.05) is 11.6 Å². The molecule has 2 aliphatic rings. The minimum Gasteiger partial charge on any atom is -0.444 e. The third-order valence-corrected chi connectivity index (χ3v) is 5.33. The fraction of sp³-hybridized carbons (Fsp3) is 0.600. The number of rotatable bonds is 3. The topological polar surface area (TPSA) is 46.6 Å². The quantitative estimate of drug-likeness (QED) is 0.702. The normalized spacial score (nSPS) is 25.8. The number of amides is 1. The SMILES string of the molecule is CC(C)(C)OC(=O)N1[C@@H]2CC[C@H]1CC(CC(=O)c1ccc(Cl)cc1)C2. The number of piperidine rings is 1. The van der Waals surface area contributed by atoms with Gasteiger partial charge in [-0.25, -0.2) is 4.79 Å².